The monoisotopic (exact) mass is 187 g/mol. The molecule has 3 heteroatoms. The summed E-state index contributed by atoms with van der Waals surface area (Å²) in [5.41, 5.74) is 0. The molecule has 2 rings (SSSR count). The first kappa shape index (κ1) is 8.85. The predicted octanol–water partition coefficient (Wildman–Crippen LogP) is 1.26. The van der Waals surface area contributed by atoms with Crippen LogP contribution in [0.15, 0.2) is 0 Å². The molecule has 0 aromatic heterocycles. The molecule has 0 aromatic carbocycles. The van der Waals surface area contributed by atoms with Crippen LogP contribution in [0, 0.1) is 0 Å². The fourth-order valence-corrected chi connectivity index (χ4v) is 2.76. The normalized spacial score (nSPS) is 32.5. The molecule has 2 fully saturated rings. The summed E-state index contributed by atoms with van der Waals surface area (Å²) in [6.45, 7) is 1.87. The van der Waals surface area contributed by atoms with Gasteiger partial charge >= 0.3 is 0 Å². The Kier molecular flexibility index (Phi) is 3.31. The molecular weight excluding hydrogens is 170 g/mol. The van der Waals surface area contributed by atoms with E-state index in [1.807, 2.05) is 0 Å². The van der Waals surface area contributed by atoms with Gasteiger partial charge in [-0.05, 0) is 30.8 Å². The third-order valence-corrected chi connectivity index (χ3v) is 3.66. The largest absolute Gasteiger partial charge is 0.378 e. The number of rotatable bonds is 2. The highest BCUT2D eigenvalue weighted by Crippen LogP contribution is 2.17. The molecule has 0 aliphatic carbocycles. The lowest BCUT2D eigenvalue weighted by atomic mass is 10.1. The average molecular weight is 187 g/mol. The predicted molar refractivity (Wildman–Crippen MR) is 52.7 cm³/mol. The van der Waals surface area contributed by atoms with E-state index in [9.17, 15) is 0 Å². The van der Waals surface area contributed by atoms with Crippen molar-refractivity contribution in [1.82, 2.24) is 5.32 Å². The number of hydrogen-bond donors (Lipinski definition) is 1. The van der Waals surface area contributed by atoms with E-state index in [2.05, 4.69) is 17.1 Å². The molecule has 1 atom stereocenters. The van der Waals surface area contributed by atoms with Gasteiger partial charge in [0.2, 0.25) is 0 Å². The maximum Gasteiger partial charge on any atom is 0.0643 e. The van der Waals surface area contributed by atoms with Crippen LogP contribution in [-0.2, 0) is 4.74 Å². The molecule has 1 N–H and O–H groups in total. The van der Waals surface area contributed by atoms with E-state index >= 15 is 0 Å². The minimum atomic E-state index is 0.665. The first-order valence-electron chi connectivity index (χ1n) is 4.87. The topological polar surface area (TPSA) is 21.3 Å². The van der Waals surface area contributed by atoms with Crippen LogP contribution in [0.1, 0.15) is 19.3 Å². The Morgan fingerprint density at radius 1 is 1.08 bits per heavy atom. The summed E-state index contributed by atoms with van der Waals surface area (Å²) in [5.74, 6) is 2.70. The van der Waals surface area contributed by atoms with Gasteiger partial charge < -0.3 is 10.1 Å². The summed E-state index contributed by atoms with van der Waals surface area (Å²) in [7, 11) is 0. The van der Waals surface area contributed by atoms with Crippen molar-refractivity contribution in [2.45, 2.75) is 31.3 Å². The van der Waals surface area contributed by atoms with Crippen molar-refractivity contribution in [3.05, 3.63) is 0 Å². The fourth-order valence-electron chi connectivity index (χ4n) is 1.74. The molecule has 1 unspecified atom stereocenters. The summed E-state index contributed by atoms with van der Waals surface area (Å²) in [5, 5.41) is 3.66. The fraction of sp³-hybridized carbons (Fsp3) is 1.00. The van der Waals surface area contributed by atoms with E-state index in [0.717, 1.165) is 19.3 Å². The van der Waals surface area contributed by atoms with Crippen LogP contribution in [-0.4, -0.2) is 36.8 Å². The molecular formula is C9H17NOS. The Morgan fingerprint density at radius 2 is 2.00 bits per heavy atom. The highest BCUT2D eigenvalue weighted by Gasteiger charge is 2.22. The van der Waals surface area contributed by atoms with E-state index in [-0.39, 0.29) is 0 Å². The third-order valence-electron chi connectivity index (χ3n) is 2.56. The maximum atomic E-state index is 5.14. The molecule has 2 saturated heterocycles. The van der Waals surface area contributed by atoms with Gasteiger partial charge in [-0.15, -0.1) is 0 Å². The summed E-state index contributed by atoms with van der Waals surface area (Å²) >= 11 is 2.10. The van der Waals surface area contributed by atoms with Crippen molar-refractivity contribution < 1.29 is 4.74 Å². The lowest BCUT2D eigenvalue weighted by Gasteiger charge is -2.31. The number of hydrogen-bond acceptors (Lipinski definition) is 3. The zero-order valence-corrected chi connectivity index (χ0v) is 8.24. The van der Waals surface area contributed by atoms with Crippen LogP contribution in [0.25, 0.3) is 0 Å². The van der Waals surface area contributed by atoms with Crippen molar-refractivity contribution in [3.63, 3.8) is 0 Å². The Labute approximate surface area is 78.4 Å². The highest BCUT2D eigenvalue weighted by atomic mass is 32.2. The first-order valence-corrected chi connectivity index (χ1v) is 6.02. The number of ether oxygens (including phenoxy) is 1. The summed E-state index contributed by atoms with van der Waals surface area (Å²) < 4.78 is 5.14. The van der Waals surface area contributed by atoms with Crippen LogP contribution >= 0.6 is 11.8 Å². The molecule has 70 valence electrons. The summed E-state index contributed by atoms with van der Waals surface area (Å²) in [6.07, 6.45) is 4.10. The Hall–Kier alpha value is 0.270. The molecule has 0 bridgehead atoms. The zero-order valence-electron chi connectivity index (χ0n) is 7.42. The van der Waals surface area contributed by atoms with Gasteiger partial charge in [-0.2, -0.15) is 11.8 Å². The molecule has 0 saturated carbocycles. The highest BCUT2D eigenvalue weighted by molar-refractivity contribution is 7.99. The van der Waals surface area contributed by atoms with Gasteiger partial charge in [-0.25, -0.2) is 0 Å². The van der Waals surface area contributed by atoms with E-state index in [4.69, 9.17) is 4.74 Å². The molecule has 2 nitrogen and oxygen atoms in total. The zero-order chi connectivity index (χ0) is 8.23. The van der Waals surface area contributed by atoms with Crippen LogP contribution < -0.4 is 5.32 Å². The lowest BCUT2D eigenvalue weighted by molar-refractivity contribution is -0.0105. The van der Waals surface area contributed by atoms with Gasteiger partial charge in [0, 0.05) is 6.04 Å². The van der Waals surface area contributed by atoms with Crippen molar-refractivity contribution in [1.29, 1.82) is 0 Å². The molecule has 2 aliphatic heterocycles. The molecule has 0 radical (unpaired) electrons. The van der Waals surface area contributed by atoms with E-state index < -0.39 is 0 Å². The second kappa shape index (κ2) is 4.49. The minimum Gasteiger partial charge on any atom is -0.378 e. The molecule has 2 heterocycles. The summed E-state index contributed by atoms with van der Waals surface area (Å²) in [6, 6.07) is 1.44. The Morgan fingerprint density at radius 3 is 2.75 bits per heavy atom. The first-order chi connectivity index (χ1) is 5.95. The minimum absolute atomic E-state index is 0.665. The standard InChI is InChI=1S/C9H17NOS/c1-2-8(3-5-12-4-1)10-9-6-11-7-9/h8-10H,1-7H2. The van der Waals surface area contributed by atoms with E-state index in [1.165, 1.54) is 30.8 Å². The van der Waals surface area contributed by atoms with Gasteiger partial charge in [-0.3, -0.25) is 0 Å². The lowest BCUT2D eigenvalue weighted by Crippen LogP contribution is -2.50. The van der Waals surface area contributed by atoms with Gasteiger partial charge in [-0.1, -0.05) is 0 Å². The van der Waals surface area contributed by atoms with Crippen molar-refractivity contribution in [2.75, 3.05) is 24.7 Å². The van der Waals surface area contributed by atoms with Crippen LogP contribution in [0.5, 0.6) is 0 Å². The number of nitrogens with one attached hydrogen (secondary N) is 1. The smallest absolute Gasteiger partial charge is 0.0643 e. The summed E-state index contributed by atoms with van der Waals surface area (Å²) in [4.78, 5) is 0. The van der Waals surface area contributed by atoms with E-state index in [1.54, 1.807) is 0 Å². The van der Waals surface area contributed by atoms with Gasteiger partial charge in [0.05, 0.1) is 19.3 Å². The molecule has 0 aromatic rings. The van der Waals surface area contributed by atoms with Gasteiger partial charge in [0.25, 0.3) is 0 Å². The molecule has 0 spiro atoms. The molecule has 2 aliphatic rings. The quantitative estimate of drug-likeness (QED) is 0.703. The van der Waals surface area contributed by atoms with Crippen LogP contribution in [0.2, 0.25) is 0 Å². The van der Waals surface area contributed by atoms with Gasteiger partial charge in [0.1, 0.15) is 0 Å². The Bertz CT molecular complexity index is 130. The SMILES string of the molecule is C1CSCCC(NC2COC2)C1. The van der Waals surface area contributed by atoms with Gasteiger partial charge in [0.15, 0.2) is 0 Å². The third kappa shape index (κ3) is 2.38. The maximum absolute atomic E-state index is 5.14. The second-order valence-corrected chi connectivity index (χ2v) is 4.87. The van der Waals surface area contributed by atoms with Crippen LogP contribution in [0.4, 0.5) is 0 Å². The van der Waals surface area contributed by atoms with Crippen LogP contribution in [0.3, 0.4) is 0 Å². The van der Waals surface area contributed by atoms with E-state index in [0.29, 0.717) is 6.04 Å². The molecule has 12 heavy (non-hydrogen) atoms. The van der Waals surface area contributed by atoms with Crippen molar-refractivity contribution in [2.24, 2.45) is 0 Å². The van der Waals surface area contributed by atoms with Crippen molar-refractivity contribution in [3.8, 4) is 0 Å². The second-order valence-electron chi connectivity index (χ2n) is 3.64. The Balaban J connectivity index is 1.69. The molecule has 0 amide bonds. The number of thioether (sulfide) groups is 1. The van der Waals surface area contributed by atoms with Crippen molar-refractivity contribution >= 4 is 11.8 Å². The average Bonchev–Trinajstić information content (AvgIpc) is 2.24.